The van der Waals surface area contributed by atoms with Gasteiger partial charge in [0.1, 0.15) is 26.4 Å². The molecule has 0 radical (unpaired) electrons. The van der Waals surface area contributed by atoms with E-state index < -0.39 is 7.92 Å². The molecule has 0 fully saturated rings. The van der Waals surface area contributed by atoms with Crippen molar-refractivity contribution >= 4 is 45.2 Å². The molecule has 0 aliphatic carbocycles. The number of hydrogen-bond donors (Lipinski definition) is 0. The van der Waals surface area contributed by atoms with E-state index in [2.05, 4.69) is 142 Å². The zero-order valence-electron chi connectivity index (χ0n) is 75.4. The fourth-order valence-electron chi connectivity index (χ4n) is 15.7. The first-order valence-electron chi connectivity index (χ1n) is 47.6. The topological polar surface area (TPSA) is 129 Å². The van der Waals surface area contributed by atoms with Crippen molar-refractivity contribution in [3.05, 3.63) is 48.6 Å². The molecule has 0 heterocycles. The first kappa shape index (κ1) is 108. The van der Waals surface area contributed by atoms with Gasteiger partial charge in [-0.3, -0.25) is 24.0 Å². The van der Waals surface area contributed by atoms with Gasteiger partial charge >= 0.3 is 23.9 Å². The number of ether oxygens (including phenoxy) is 4. The smallest absolute Gasteiger partial charge is 0.306 e. The van der Waals surface area contributed by atoms with E-state index in [1.165, 1.54) is 243 Å². The van der Waals surface area contributed by atoms with E-state index in [0.717, 1.165) is 134 Å². The van der Waals surface area contributed by atoms with Crippen molar-refractivity contribution < 1.29 is 42.9 Å². The van der Waals surface area contributed by atoms with E-state index in [1.807, 2.05) is 0 Å². The second-order valence-corrected chi connectivity index (χ2v) is 39.3. The van der Waals surface area contributed by atoms with Crippen LogP contribution < -0.4 is 0 Å². The average molecular weight is 1600 g/mol. The van der Waals surface area contributed by atoms with Crippen molar-refractivity contribution in [2.75, 3.05) is 98.5 Å². The van der Waals surface area contributed by atoms with Crippen LogP contribution in [0.5, 0.6) is 0 Å². The molecule has 0 saturated heterocycles. The minimum absolute atomic E-state index is 0.0487. The molecule has 0 saturated carbocycles. The van der Waals surface area contributed by atoms with Crippen LogP contribution in [-0.4, -0.2) is 138 Å². The zero-order valence-corrected chi connectivity index (χ0v) is 77.2. The molecule has 0 rings (SSSR count). The second kappa shape index (κ2) is 82.4. The molecule has 650 valence electrons. The largest absolute Gasteiger partial charge is 0.461 e. The highest BCUT2D eigenvalue weighted by molar-refractivity contribution is 7.74. The Morgan fingerprint density at radius 1 is 0.315 bits per heavy atom. The molecule has 0 aromatic heterocycles. The fraction of sp³-hybridized carbons (Fsp3) is 0.867. The number of carbonyl (C=O) groups excluding carboxylic acids is 5. The molecule has 13 heteroatoms. The lowest BCUT2D eigenvalue weighted by atomic mass is 9.78. The van der Waals surface area contributed by atoms with Crippen LogP contribution in [0.2, 0.25) is 0 Å². The van der Waals surface area contributed by atoms with E-state index in [4.69, 9.17) is 18.9 Å². The van der Waals surface area contributed by atoms with Gasteiger partial charge in [0.05, 0.1) is 0 Å². The van der Waals surface area contributed by atoms with Crippen LogP contribution in [0, 0.1) is 35.5 Å². The third kappa shape index (κ3) is 73.4. The van der Waals surface area contributed by atoms with Crippen LogP contribution in [0.25, 0.3) is 0 Å². The highest BCUT2D eigenvalue weighted by Gasteiger charge is 2.22. The monoisotopic (exact) mass is 1600 g/mol. The number of rotatable bonds is 85. The zero-order chi connectivity index (χ0) is 81.5. The summed E-state index contributed by atoms with van der Waals surface area (Å²) in [5.74, 6) is 3.62. The molecule has 0 spiro atoms. The molecular formula is C98H184N2O9P2. The normalized spacial score (nSPS) is 13.8. The lowest BCUT2D eigenvalue weighted by Crippen LogP contribution is -2.16. The molecule has 0 bridgehead atoms. The minimum Gasteiger partial charge on any atom is -0.461 e. The summed E-state index contributed by atoms with van der Waals surface area (Å²) in [5, 5.41) is 0. The average Bonchev–Trinajstić information content (AvgIpc) is 0.919. The van der Waals surface area contributed by atoms with Gasteiger partial charge in [-0.05, 0) is 231 Å². The van der Waals surface area contributed by atoms with E-state index in [-0.39, 0.29) is 31.8 Å². The Kier molecular flexibility index (Phi) is 80.4. The lowest BCUT2D eigenvalue weighted by Gasteiger charge is -2.27. The van der Waals surface area contributed by atoms with Gasteiger partial charge in [-0.2, -0.15) is 0 Å². The molecule has 0 aliphatic heterocycles. The predicted octanol–water partition coefficient (Wildman–Crippen LogP) is 28.7. The van der Waals surface area contributed by atoms with Crippen molar-refractivity contribution in [3.8, 4) is 0 Å². The van der Waals surface area contributed by atoms with Crippen molar-refractivity contribution in [2.45, 2.75) is 415 Å². The molecule has 6 atom stereocenters. The summed E-state index contributed by atoms with van der Waals surface area (Å²) in [7, 11) is 7.96. The summed E-state index contributed by atoms with van der Waals surface area (Å²) in [5.41, 5.74) is 0.494. The van der Waals surface area contributed by atoms with Crippen LogP contribution >= 0.6 is 15.8 Å². The van der Waals surface area contributed by atoms with E-state index in [9.17, 15) is 24.0 Å². The van der Waals surface area contributed by atoms with Crippen molar-refractivity contribution in [1.82, 2.24) is 9.80 Å². The summed E-state index contributed by atoms with van der Waals surface area (Å²) in [4.78, 5) is 68.5. The summed E-state index contributed by atoms with van der Waals surface area (Å²) in [6.45, 7) is 22.2. The quantitative estimate of drug-likeness (QED) is 0.0190. The van der Waals surface area contributed by atoms with Crippen LogP contribution in [0.15, 0.2) is 48.6 Å². The number of unbranched alkanes of at least 4 members (excludes halogenated alkanes) is 26. The standard InChI is InChI=1S/C98H184N2O9P2/c1-13-20-38-63-90(64-39-21-14-2)69-57-80-108-96(103)73-43-32-28-36-52-85-111(98(105)75-56-77-100(11)12)86-53-37-29-33-44-74-97(104)109-81-58-70-91(65-40-22-15-3)68-55-59-88(8)93(19-7)87-92(62-25-18-6)67-46-49-79-107-95(102)72-42-31-27-35-51-83-110(84-54-47-76-99(9)10)82-50-34-26-30-41-71-94(101)106-78-48-45-66-89(60-23-16-4)61-24-17-5/h45-46,48-49,57-58,69-70,88-93H,13-44,47,50-56,59-68,71-87H2,1-12H3. The third-order valence-electron chi connectivity index (χ3n) is 23.1. The molecule has 6 unspecified atom stereocenters. The highest BCUT2D eigenvalue weighted by Crippen LogP contribution is 2.42. The molecule has 111 heavy (non-hydrogen) atoms. The Hall–Kier alpha value is -2.71. The number of carbonyl (C=O) groups is 5. The van der Waals surface area contributed by atoms with E-state index in [1.54, 1.807) is 0 Å². The van der Waals surface area contributed by atoms with Crippen molar-refractivity contribution in [1.29, 1.82) is 0 Å². The fourth-order valence-corrected chi connectivity index (χ4v) is 20.8. The van der Waals surface area contributed by atoms with Gasteiger partial charge in [0.25, 0.3) is 0 Å². The first-order valence-corrected chi connectivity index (χ1v) is 51.2. The van der Waals surface area contributed by atoms with Crippen LogP contribution in [0.3, 0.4) is 0 Å². The molecule has 0 amide bonds. The summed E-state index contributed by atoms with van der Waals surface area (Å²) in [6, 6.07) is 0. The van der Waals surface area contributed by atoms with Gasteiger partial charge in [-0.15, -0.1) is 7.92 Å². The van der Waals surface area contributed by atoms with Gasteiger partial charge in [-0.25, -0.2) is 0 Å². The Balaban J connectivity index is 4.76. The van der Waals surface area contributed by atoms with Crippen LogP contribution in [0.4, 0.5) is 0 Å². The number of hydrogen-bond acceptors (Lipinski definition) is 11. The Morgan fingerprint density at radius 3 is 1.04 bits per heavy atom. The molecular weight excluding hydrogens is 1410 g/mol. The molecule has 0 N–H and O–H groups in total. The Morgan fingerprint density at radius 2 is 0.649 bits per heavy atom. The lowest BCUT2D eigenvalue weighted by molar-refractivity contribution is -0.143. The van der Waals surface area contributed by atoms with Gasteiger partial charge in [0.15, 0.2) is 5.52 Å². The van der Waals surface area contributed by atoms with Gasteiger partial charge in [0, 0.05) is 32.1 Å². The summed E-state index contributed by atoms with van der Waals surface area (Å²) >= 11 is 0. The summed E-state index contributed by atoms with van der Waals surface area (Å²) in [6.07, 6.45) is 86.7. The van der Waals surface area contributed by atoms with Crippen molar-refractivity contribution in [2.24, 2.45) is 35.5 Å². The number of esters is 4. The maximum absolute atomic E-state index is 13.5. The molecule has 0 aliphatic rings. The second-order valence-electron chi connectivity index (χ2n) is 34.2. The molecule has 11 nitrogen and oxygen atoms in total. The highest BCUT2D eigenvalue weighted by atomic mass is 31.1. The Labute approximate surface area is 691 Å². The minimum atomic E-state index is -0.629. The Bertz CT molecular complexity index is 2200. The van der Waals surface area contributed by atoms with E-state index >= 15 is 0 Å². The summed E-state index contributed by atoms with van der Waals surface area (Å²) < 4.78 is 22.6. The van der Waals surface area contributed by atoms with Crippen LogP contribution in [-0.2, 0) is 42.9 Å². The van der Waals surface area contributed by atoms with Crippen LogP contribution in [0.1, 0.15) is 415 Å². The van der Waals surface area contributed by atoms with Gasteiger partial charge < -0.3 is 28.7 Å². The number of allylic oxidation sites excluding steroid dienone is 4. The van der Waals surface area contributed by atoms with Gasteiger partial charge in [0.2, 0.25) is 0 Å². The predicted molar refractivity (Wildman–Crippen MR) is 486 cm³/mol. The number of nitrogens with zero attached hydrogens (tertiary/aromatic N) is 2. The third-order valence-corrected chi connectivity index (χ3v) is 28.6. The van der Waals surface area contributed by atoms with E-state index in [0.29, 0.717) is 93.6 Å². The van der Waals surface area contributed by atoms with Crippen molar-refractivity contribution in [3.63, 3.8) is 0 Å². The maximum Gasteiger partial charge on any atom is 0.306 e. The maximum atomic E-state index is 13.5. The van der Waals surface area contributed by atoms with Gasteiger partial charge in [-0.1, -0.05) is 316 Å². The molecule has 0 aromatic rings. The SMILES string of the molecule is CCCCCC(C=CCOC(=O)CCCCCCCP(CCCCCCCC(=O)OCC=CC(CCCCC)CCCC(C)C(CC)CC(CC=CCOC(=O)CCCCCCCP(CCCCCCCC(=O)OCC=CCC(CCCC)CCCC)CCCCN(C)C)CCCC)C(=O)CCCN(C)C)CCCCC. The first-order chi connectivity index (χ1) is 54.0. The molecule has 0 aromatic carbocycles.